The lowest BCUT2D eigenvalue weighted by Gasteiger charge is -2.08. The van der Waals surface area contributed by atoms with Crippen molar-refractivity contribution >= 4 is 5.97 Å². The Morgan fingerprint density at radius 3 is 2.81 bits per heavy atom. The third-order valence-electron chi connectivity index (χ3n) is 3.06. The van der Waals surface area contributed by atoms with Gasteiger partial charge in [0, 0.05) is 0 Å². The molecule has 0 aromatic heterocycles. The maximum atomic E-state index is 10.8. The van der Waals surface area contributed by atoms with Crippen LogP contribution in [-0.4, -0.2) is 17.7 Å². The first-order chi connectivity index (χ1) is 7.63. The summed E-state index contributed by atoms with van der Waals surface area (Å²) in [6.45, 7) is 4.61. The number of benzene rings is 1. The van der Waals surface area contributed by atoms with E-state index in [1.807, 2.05) is 32.0 Å². The second-order valence-corrected chi connectivity index (χ2v) is 4.24. The second-order valence-electron chi connectivity index (χ2n) is 4.24. The maximum absolute atomic E-state index is 10.8. The molecular formula is C13H16O3. The van der Waals surface area contributed by atoms with Crippen LogP contribution < -0.4 is 4.74 Å². The number of carboxylic acids is 1. The Kier molecular flexibility index (Phi) is 2.86. The van der Waals surface area contributed by atoms with Crippen LogP contribution in [-0.2, 0) is 4.79 Å². The van der Waals surface area contributed by atoms with Crippen molar-refractivity contribution in [1.82, 2.24) is 0 Å². The highest BCUT2D eigenvalue weighted by Gasteiger charge is 2.44. The van der Waals surface area contributed by atoms with Crippen molar-refractivity contribution in [3.05, 3.63) is 29.3 Å². The van der Waals surface area contributed by atoms with E-state index in [2.05, 4.69) is 0 Å². The minimum atomic E-state index is -0.682. The fourth-order valence-electron chi connectivity index (χ4n) is 2.13. The summed E-state index contributed by atoms with van der Waals surface area (Å²) in [6.07, 6.45) is 0.768. The van der Waals surface area contributed by atoms with E-state index in [0.717, 1.165) is 23.3 Å². The monoisotopic (exact) mass is 220 g/mol. The average Bonchev–Trinajstić information content (AvgIpc) is 2.98. The molecule has 1 N–H and O–H groups in total. The number of carbonyl (C=O) groups is 1. The van der Waals surface area contributed by atoms with E-state index >= 15 is 0 Å². The molecule has 0 heterocycles. The third kappa shape index (κ3) is 2.03. The van der Waals surface area contributed by atoms with Crippen molar-refractivity contribution in [2.24, 2.45) is 5.92 Å². The predicted octanol–water partition coefficient (Wildman–Crippen LogP) is 2.58. The molecule has 2 rings (SSSR count). The van der Waals surface area contributed by atoms with E-state index in [-0.39, 0.29) is 11.8 Å². The van der Waals surface area contributed by atoms with Gasteiger partial charge < -0.3 is 9.84 Å². The molecular weight excluding hydrogens is 204 g/mol. The van der Waals surface area contributed by atoms with Crippen LogP contribution >= 0.6 is 0 Å². The van der Waals surface area contributed by atoms with Crippen LogP contribution in [0.15, 0.2) is 18.2 Å². The topological polar surface area (TPSA) is 46.5 Å². The first-order valence-electron chi connectivity index (χ1n) is 5.59. The summed E-state index contributed by atoms with van der Waals surface area (Å²) in [7, 11) is 0. The largest absolute Gasteiger partial charge is 0.494 e. The first kappa shape index (κ1) is 11.0. The molecule has 3 nitrogen and oxygen atoms in total. The first-order valence-corrected chi connectivity index (χ1v) is 5.59. The van der Waals surface area contributed by atoms with Gasteiger partial charge in [0.15, 0.2) is 0 Å². The van der Waals surface area contributed by atoms with Gasteiger partial charge >= 0.3 is 5.97 Å². The zero-order valence-corrected chi connectivity index (χ0v) is 9.56. The number of aliphatic carboxylic acids is 1. The maximum Gasteiger partial charge on any atom is 0.307 e. The summed E-state index contributed by atoms with van der Waals surface area (Å²) < 4.78 is 5.40. The molecule has 1 saturated carbocycles. The molecule has 0 saturated heterocycles. The molecule has 3 heteroatoms. The van der Waals surface area contributed by atoms with Crippen LogP contribution in [0.25, 0.3) is 0 Å². The minimum absolute atomic E-state index is 0.184. The fourth-order valence-corrected chi connectivity index (χ4v) is 2.13. The normalized spacial score (nSPS) is 22.9. The molecule has 16 heavy (non-hydrogen) atoms. The summed E-state index contributed by atoms with van der Waals surface area (Å²) in [5.41, 5.74) is 2.27. The van der Waals surface area contributed by atoms with Crippen LogP contribution in [0, 0.1) is 12.8 Å². The minimum Gasteiger partial charge on any atom is -0.494 e. The zero-order valence-electron chi connectivity index (χ0n) is 9.56. The molecule has 1 aliphatic carbocycles. The number of ether oxygens (including phenoxy) is 1. The van der Waals surface area contributed by atoms with Crippen molar-refractivity contribution in [2.45, 2.75) is 26.2 Å². The van der Waals surface area contributed by atoms with Gasteiger partial charge in [0.25, 0.3) is 0 Å². The lowest BCUT2D eigenvalue weighted by atomic mass is 10.0. The highest BCUT2D eigenvalue weighted by atomic mass is 16.5. The van der Waals surface area contributed by atoms with Gasteiger partial charge in [0.1, 0.15) is 5.75 Å². The molecule has 0 radical (unpaired) electrons. The predicted molar refractivity (Wildman–Crippen MR) is 60.8 cm³/mol. The molecule has 0 bridgehead atoms. The highest BCUT2D eigenvalue weighted by molar-refractivity contribution is 5.75. The number of hydrogen-bond acceptors (Lipinski definition) is 2. The van der Waals surface area contributed by atoms with Gasteiger partial charge in [-0.15, -0.1) is 0 Å². The Morgan fingerprint density at radius 2 is 2.31 bits per heavy atom. The summed E-state index contributed by atoms with van der Waals surface area (Å²) in [5.74, 6) is 0.194. The lowest BCUT2D eigenvalue weighted by Crippen LogP contribution is -2.00. The van der Waals surface area contributed by atoms with Crippen molar-refractivity contribution in [1.29, 1.82) is 0 Å². The van der Waals surface area contributed by atoms with Gasteiger partial charge in [-0.25, -0.2) is 0 Å². The lowest BCUT2D eigenvalue weighted by molar-refractivity contribution is -0.138. The van der Waals surface area contributed by atoms with Gasteiger partial charge in [-0.2, -0.15) is 0 Å². The summed E-state index contributed by atoms with van der Waals surface area (Å²) >= 11 is 0. The molecule has 0 aliphatic heterocycles. The molecule has 1 fully saturated rings. The quantitative estimate of drug-likeness (QED) is 0.848. The number of rotatable bonds is 4. The molecule has 1 aliphatic rings. The van der Waals surface area contributed by atoms with Crippen LogP contribution in [0.1, 0.15) is 30.4 Å². The molecule has 2 atom stereocenters. The average molecular weight is 220 g/mol. The van der Waals surface area contributed by atoms with Crippen LogP contribution in [0.3, 0.4) is 0 Å². The number of aryl methyl sites for hydroxylation is 1. The molecule has 1 aromatic rings. The van der Waals surface area contributed by atoms with E-state index in [0.29, 0.717) is 6.61 Å². The highest BCUT2D eigenvalue weighted by Crippen LogP contribution is 2.48. The Balaban J connectivity index is 2.15. The SMILES string of the molecule is CCOc1ccc([C@@H]2C[C@H]2C(=O)O)c(C)c1. The van der Waals surface area contributed by atoms with Crippen LogP contribution in [0.2, 0.25) is 0 Å². The Hall–Kier alpha value is -1.51. The van der Waals surface area contributed by atoms with E-state index in [9.17, 15) is 4.79 Å². The van der Waals surface area contributed by atoms with Crippen LogP contribution in [0.4, 0.5) is 0 Å². The van der Waals surface area contributed by atoms with Crippen molar-refractivity contribution in [2.75, 3.05) is 6.61 Å². The standard InChI is InChI=1S/C13H16O3/c1-3-16-9-4-5-10(8(2)6-9)11-7-12(11)13(14)15/h4-6,11-12H,3,7H2,1-2H3,(H,14,15)/t11-,12+/m0/s1. The van der Waals surface area contributed by atoms with Gasteiger partial charge in [-0.05, 0) is 49.4 Å². The molecule has 0 amide bonds. The molecule has 1 aromatic carbocycles. The van der Waals surface area contributed by atoms with Crippen molar-refractivity contribution < 1.29 is 14.6 Å². The third-order valence-corrected chi connectivity index (χ3v) is 3.06. The van der Waals surface area contributed by atoms with Gasteiger partial charge in [0.2, 0.25) is 0 Å². The van der Waals surface area contributed by atoms with E-state index in [1.54, 1.807) is 0 Å². The number of hydrogen-bond donors (Lipinski definition) is 1. The summed E-state index contributed by atoms with van der Waals surface area (Å²) in [6, 6.07) is 5.90. The molecule has 86 valence electrons. The van der Waals surface area contributed by atoms with Gasteiger partial charge in [0.05, 0.1) is 12.5 Å². The van der Waals surface area contributed by atoms with E-state index in [4.69, 9.17) is 9.84 Å². The summed E-state index contributed by atoms with van der Waals surface area (Å²) in [4.78, 5) is 10.8. The smallest absolute Gasteiger partial charge is 0.307 e. The fraction of sp³-hybridized carbons (Fsp3) is 0.462. The Bertz CT molecular complexity index is 412. The second kappa shape index (κ2) is 4.16. The van der Waals surface area contributed by atoms with Gasteiger partial charge in [-0.1, -0.05) is 6.07 Å². The van der Waals surface area contributed by atoms with Crippen molar-refractivity contribution in [3.63, 3.8) is 0 Å². The Labute approximate surface area is 95.0 Å². The number of carboxylic acid groups (broad SMARTS) is 1. The zero-order chi connectivity index (χ0) is 11.7. The van der Waals surface area contributed by atoms with E-state index < -0.39 is 5.97 Å². The van der Waals surface area contributed by atoms with Crippen LogP contribution in [0.5, 0.6) is 5.75 Å². The Morgan fingerprint density at radius 1 is 1.56 bits per heavy atom. The van der Waals surface area contributed by atoms with Gasteiger partial charge in [-0.3, -0.25) is 4.79 Å². The summed E-state index contributed by atoms with van der Waals surface area (Å²) in [5, 5.41) is 8.89. The molecule has 0 spiro atoms. The molecule has 0 unspecified atom stereocenters. The van der Waals surface area contributed by atoms with E-state index in [1.165, 1.54) is 0 Å². The van der Waals surface area contributed by atoms with Crippen molar-refractivity contribution in [3.8, 4) is 5.75 Å².